The zero-order chi connectivity index (χ0) is 27.6. The molecule has 0 saturated heterocycles. The summed E-state index contributed by atoms with van der Waals surface area (Å²) in [5.74, 6) is 1.01. The van der Waals surface area contributed by atoms with E-state index in [4.69, 9.17) is 60.7 Å². The Bertz CT molecular complexity index is 1040. The third kappa shape index (κ3) is 7.47. The molecule has 1 aromatic carbocycles. The average Bonchev–Trinajstić information content (AvgIpc) is 3.14. The van der Waals surface area contributed by atoms with Gasteiger partial charge >= 0.3 is 6.09 Å². The minimum absolute atomic E-state index is 0.274. The number of alkyl halides is 3. The molecule has 0 aliphatic heterocycles. The van der Waals surface area contributed by atoms with Gasteiger partial charge in [0.25, 0.3) is 8.32 Å². The molecule has 0 fully saturated rings. The quantitative estimate of drug-likeness (QED) is 0.243. The monoisotopic (exact) mass is 595 g/mol. The summed E-state index contributed by atoms with van der Waals surface area (Å²) in [5, 5.41) is 8.00. The van der Waals surface area contributed by atoms with E-state index in [1.807, 2.05) is 32.9 Å². The van der Waals surface area contributed by atoms with Gasteiger partial charge in [0.15, 0.2) is 0 Å². The summed E-state index contributed by atoms with van der Waals surface area (Å²) in [6.07, 6.45) is -0.765. The number of hydrogen-bond donors (Lipinski definition) is 1. The lowest BCUT2D eigenvalue weighted by atomic mass is 9.92. The lowest BCUT2D eigenvalue weighted by Gasteiger charge is -2.42. The highest BCUT2D eigenvalue weighted by Gasteiger charge is 2.47. The van der Waals surface area contributed by atoms with E-state index in [2.05, 4.69) is 46.9 Å². The number of carbonyl (C=O) groups excluding carboxylic acids is 1. The minimum Gasteiger partial charge on any atom is -0.542 e. The molecule has 0 aliphatic carbocycles. The second-order valence-electron chi connectivity index (χ2n) is 10.9. The average molecular weight is 597 g/mol. The fraction of sp³-hybridized carbons (Fsp3) is 0.600. The van der Waals surface area contributed by atoms with Gasteiger partial charge in [-0.2, -0.15) is 5.10 Å². The summed E-state index contributed by atoms with van der Waals surface area (Å²) in [7, 11) is -2.26. The van der Waals surface area contributed by atoms with Gasteiger partial charge in [-0.05, 0) is 28.8 Å². The first-order valence-corrected chi connectivity index (χ1v) is 15.6. The molecular formula is C25H37Cl4N3O3Si. The Balaban J connectivity index is 2.54. The SMILES string of the molecule is CC(C)[Si](Oc1cc(-n2nc(C(C)(C)C)cc2NC(=O)OCC(Cl)(Cl)Cl)ccc1Cl)(C(C)C)C(C)C. The smallest absolute Gasteiger partial charge is 0.412 e. The van der Waals surface area contributed by atoms with E-state index >= 15 is 0 Å². The summed E-state index contributed by atoms with van der Waals surface area (Å²) >= 11 is 23.8. The first kappa shape index (κ1) is 31.1. The van der Waals surface area contributed by atoms with Crippen LogP contribution in [0.15, 0.2) is 24.3 Å². The molecule has 0 radical (unpaired) electrons. The number of ether oxygens (including phenoxy) is 1. The van der Waals surface area contributed by atoms with Crippen molar-refractivity contribution in [2.24, 2.45) is 0 Å². The van der Waals surface area contributed by atoms with Crippen molar-refractivity contribution in [2.75, 3.05) is 11.9 Å². The number of halogens is 4. The van der Waals surface area contributed by atoms with Crippen molar-refractivity contribution in [3.05, 3.63) is 35.0 Å². The van der Waals surface area contributed by atoms with Crippen molar-refractivity contribution in [2.45, 2.75) is 88.1 Å². The molecule has 0 bridgehead atoms. The molecule has 2 rings (SSSR count). The van der Waals surface area contributed by atoms with Crippen LogP contribution in [-0.2, 0) is 10.2 Å². The highest BCUT2D eigenvalue weighted by Crippen LogP contribution is 2.44. The number of hydrogen-bond acceptors (Lipinski definition) is 4. The van der Waals surface area contributed by atoms with Crippen molar-refractivity contribution in [1.82, 2.24) is 9.78 Å². The standard InChI is InChI=1S/C25H37Cl4N3O3Si/c1-15(2)36(16(3)4,17(5)6)35-20-12-18(10-11-19(20)26)32-22(13-21(31-32)24(7,8)9)30-23(33)34-14-25(27,28)29/h10-13,15-17H,14H2,1-9H3,(H,30,33). The van der Waals surface area contributed by atoms with Gasteiger partial charge in [0.1, 0.15) is 18.2 Å². The predicted octanol–water partition coefficient (Wildman–Crippen LogP) is 9.30. The normalized spacial score (nSPS) is 13.0. The fourth-order valence-electron chi connectivity index (χ4n) is 4.57. The third-order valence-corrected chi connectivity index (χ3v) is 12.9. The number of carbonyl (C=O) groups is 1. The zero-order valence-corrected chi connectivity index (χ0v) is 26.4. The molecule has 1 N–H and O–H groups in total. The van der Waals surface area contributed by atoms with Crippen molar-refractivity contribution < 1.29 is 14.0 Å². The lowest BCUT2D eigenvalue weighted by Crippen LogP contribution is -2.50. The van der Waals surface area contributed by atoms with E-state index in [1.165, 1.54) is 0 Å². The van der Waals surface area contributed by atoms with Crippen LogP contribution < -0.4 is 9.74 Å². The highest BCUT2D eigenvalue weighted by molar-refractivity contribution is 6.78. The molecule has 6 nitrogen and oxygen atoms in total. The third-order valence-electron chi connectivity index (χ3n) is 6.23. The summed E-state index contributed by atoms with van der Waals surface area (Å²) in [4.78, 5) is 12.4. The maximum absolute atomic E-state index is 12.4. The van der Waals surface area contributed by atoms with Gasteiger partial charge in [-0.3, -0.25) is 5.32 Å². The topological polar surface area (TPSA) is 65.4 Å². The summed E-state index contributed by atoms with van der Waals surface area (Å²) in [5.41, 5.74) is 2.30. The first-order valence-electron chi connectivity index (χ1n) is 12.0. The van der Waals surface area contributed by atoms with Crippen LogP contribution in [0.4, 0.5) is 10.6 Å². The molecule has 2 aromatic rings. The van der Waals surface area contributed by atoms with E-state index < -0.39 is 24.8 Å². The number of benzene rings is 1. The largest absolute Gasteiger partial charge is 0.542 e. The number of aromatic nitrogens is 2. The van der Waals surface area contributed by atoms with Crippen LogP contribution in [0.1, 0.15) is 68.0 Å². The van der Waals surface area contributed by atoms with E-state index in [0.717, 1.165) is 5.69 Å². The van der Waals surface area contributed by atoms with Gasteiger partial charge < -0.3 is 9.16 Å². The molecule has 1 heterocycles. The Hall–Kier alpha value is -1.12. The Morgan fingerprint density at radius 1 is 1.03 bits per heavy atom. The number of nitrogens with zero attached hydrogens (tertiary/aromatic N) is 2. The summed E-state index contributed by atoms with van der Waals surface area (Å²) in [6.45, 7) is 19.0. The predicted molar refractivity (Wildman–Crippen MR) is 154 cm³/mol. The van der Waals surface area contributed by atoms with Gasteiger partial charge in [-0.25, -0.2) is 9.48 Å². The molecule has 202 valence electrons. The van der Waals surface area contributed by atoms with Crippen molar-refractivity contribution >= 4 is 66.6 Å². The number of amides is 1. The van der Waals surface area contributed by atoms with Gasteiger partial charge in [0.05, 0.1) is 16.4 Å². The van der Waals surface area contributed by atoms with Crippen LogP contribution in [0, 0.1) is 0 Å². The fourth-order valence-corrected chi connectivity index (χ4v) is 10.2. The van der Waals surface area contributed by atoms with Gasteiger partial charge in [0, 0.05) is 17.5 Å². The lowest BCUT2D eigenvalue weighted by molar-refractivity contribution is 0.163. The van der Waals surface area contributed by atoms with Crippen LogP contribution in [0.2, 0.25) is 21.6 Å². The summed E-state index contributed by atoms with van der Waals surface area (Å²) in [6, 6.07) is 7.28. The van der Waals surface area contributed by atoms with Gasteiger partial charge in [-0.1, -0.05) is 109 Å². The number of anilines is 1. The molecule has 0 aliphatic rings. The molecule has 0 atom stereocenters. The molecule has 0 saturated carbocycles. The highest BCUT2D eigenvalue weighted by atomic mass is 35.6. The summed E-state index contributed by atoms with van der Waals surface area (Å²) < 4.78 is 11.8. The molecule has 11 heteroatoms. The Morgan fingerprint density at radius 3 is 2.06 bits per heavy atom. The van der Waals surface area contributed by atoms with E-state index in [9.17, 15) is 4.79 Å². The molecule has 0 unspecified atom stereocenters. The molecule has 1 aromatic heterocycles. The van der Waals surface area contributed by atoms with Crippen LogP contribution in [0.25, 0.3) is 5.69 Å². The van der Waals surface area contributed by atoms with E-state index in [1.54, 1.807) is 16.8 Å². The van der Waals surface area contributed by atoms with E-state index in [-0.39, 0.29) is 5.41 Å². The zero-order valence-electron chi connectivity index (χ0n) is 22.4. The second-order valence-corrected chi connectivity index (χ2v) is 19.2. The number of nitrogens with one attached hydrogen (secondary N) is 1. The van der Waals surface area contributed by atoms with Crippen LogP contribution in [0.5, 0.6) is 5.75 Å². The first-order chi connectivity index (χ1) is 16.4. The van der Waals surface area contributed by atoms with Crippen molar-refractivity contribution in [3.8, 4) is 11.4 Å². The Morgan fingerprint density at radius 2 is 1.58 bits per heavy atom. The van der Waals surface area contributed by atoms with E-state index in [0.29, 0.717) is 38.9 Å². The van der Waals surface area contributed by atoms with Crippen molar-refractivity contribution in [1.29, 1.82) is 0 Å². The van der Waals surface area contributed by atoms with Crippen molar-refractivity contribution in [3.63, 3.8) is 0 Å². The Kier molecular flexibility index (Phi) is 10.1. The number of rotatable bonds is 8. The minimum atomic E-state index is -2.26. The van der Waals surface area contributed by atoms with Crippen LogP contribution in [-0.4, -0.2) is 34.6 Å². The second kappa shape index (κ2) is 11.7. The van der Waals surface area contributed by atoms with Gasteiger partial charge in [0.2, 0.25) is 3.79 Å². The maximum atomic E-state index is 12.4. The van der Waals surface area contributed by atoms with Gasteiger partial charge in [-0.15, -0.1) is 0 Å². The Labute approximate surface area is 236 Å². The maximum Gasteiger partial charge on any atom is 0.412 e. The van der Waals surface area contributed by atoms with Crippen LogP contribution >= 0.6 is 46.4 Å². The molecule has 36 heavy (non-hydrogen) atoms. The van der Waals surface area contributed by atoms with Crippen LogP contribution in [0.3, 0.4) is 0 Å². The molecular weight excluding hydrogens is 560 g/mol. The molecule has 0 spiro atoms. The molecule has 1 amide bonds.